The summed E-state index contributed by atoms with van der Waals surface area (Å²) in [5.41, 5.74) is 0.542. The van der Waals surface area contributed by atoms with Gasteiger partial charge in [0.1, 0.15) is 5.75 Å². The zero-order valence-corrected chi connectivity index (χ0v) is 16.3. The predicted octanol–water partition coefficient (Wildman–Crippen LogP) is 1.97. The largest absolute Gasteiger partial charge is 0.496 e. The molecule has 26 heavy (non-hydrogen) atoms. The summed E-state index contributed by atoms with van der Waals surface area (Å²) in [6.07, 6.45) is 2.07. The molecule has 142 valence electrons. The van der Waals surface area contributed by atoms with Crippen molar-refractivity contribution in [3.05, 3.63) is 28.8 Å². The lowest BCUT2D eigenvalue weighted by Gasteiger charge is -2.36. The van der Waals surface area contributed by atoms with Gasteiger partial charge in [-0.3, -0.25) is 14.5 Å². The van der Waals surface area contributed by atoms with Crippen LogP contribution >= 0.6 is 11.6 Å². The number of hydrogen-bond acceptors (Lipinski definition) is 4. The molecular formula is C19H26ClN3O3. The summed E-state index contributed by atoms with van der Waals surface area (Å²) in [5.74, 6) is 0.978. The fourth-order valence-corrected chi connectivity index (χ4v) is 4.05. The number of halogens is 1. The number of methoxy groups -OCH3 is 1. The fraction of sp³-hybridized carbons (Fsp3) is 0.579. The number of carbonyl (C=O) groups is 2. The molecule has 0 saturated carbocycles. The van der Waals surface area contributed by atoms with Crippen LogP contribution in [0.25, 0.3) is 0 Å². The molecule has 0 spiro atoms. The first-order valence-corrected chi connectivity index (χ1v) is 9.34. The zero-order valence-electron chi connectivity index (χ0n) is 15.6. The number of likely N-dealkylation sites (N-methyl/N-ethyl adjacent to an activating group) is 1. The van der Waals surface area contributed by atoms with E-state index in [9.17, 15) is 9.59 Å². The summed E-state index contributed by atoms with van der Waals surface area (Å²) in [6.45, 7) is 2.73. The minimum atomic E-state index is -0.0194. The van der Waals surface area contributed by atoms with Crippen molar-refractivity contribution in [2.45, 2.75) is 18.9 Å². The molecule has 1 aromatic carbocycles. The molecule has 0 N–H and O–H groups in total. The molecule has 4 rings (SSSR count). The number of nitrogens with zero attached hydrogens (tertiary/aromatic N) is 3. The number of fused-ring (bicyclic) bond motifs is 4. The highest BCUT2D eigenvalue weighted by Gasteiger charge is 2.38. The number of hydrogen-bond donors (Lipinski definition) is 0. The van der Waals surface area contributed by atoms with Gasteiger partial charge in [-0.2, -0.15) is 0 Å². The molecule has 0 aliphatic carbocycles. The molecule has 6 nitrogen and oxygen atoms in total. The molecule has 2 bridgehead atoms. The Morgan fingerprint density at radius 1 is 1.23 bits per heavy atom. The Labute approximate surface area is 159 Å². The lowest BCUT2D eigenvalue weighted by atomic mass is 9.94. The van der Waals surface area contributed by atoms with E-state index >= 15 is 0 Å². The van der Waals surface area contributed by atoms with Crippen molar-refractivity contribution in [2.75, 3.05) is 47.4 Å². The molecule has 2 atom stereocenters. The molecule has 0 radical (unpaired) electrons. The second-order valence-corrected chi connectivity index (χ2v) is 7.82. The first kappa shape index (κ1) is 19.0. The summed E-state index contributed by atoms with van der Waals surface area (Å²) in [4.78, 5) is 31.0. The van der Waals surface area contributed by atoms with Crippen LogP contribution in [-0.2, 0) is 4.79 Å². The van der Waals surface area contributed by atoms with E-state index < -0.39 is 0 Å². The van der Waals surface area contributed by atoms with Crippen molar-refractivity contribution in [3.8, 4) is 5.75 Å². The van der Waals surface area contributed by atoms with E-state index in [1.807, 2.05) is 4.90 Å². The van der Waals surface area contributed by atoms with Crippen LogP contribution in [0.5, 0.6) is 5.75 Å². The Morgan fingerprint density at radius 3 is 2.69 bits per heavy atom. The Kier molecular flexibility index (Phi) is 5.73. The van der Waals surface area contributed by atoms with Crippen LogP contribution in [0, 0.1) is 5.92 Å². The van der Waals surface area contributed by atoms with E-state index in [0.29, 0.717) is 28.8 Å². The highest BCUT2D eigenvalue weighted by Crippen LogP contribution is 2.31. The Hall–Kier alpha value is -1.79. The molecule has 0 unspecified atom stereocenters. The van der Waals surface area contributed by atoms with Gasteiger partial charge in [0.15, 0.2) is 0 Å². The predicted molar refractivity (Wildman–Crippen MR) is 101 cm³/mol. The summed E-state index contributed by atoms with van der Waals surface area (Å²) < 4.78 is 5.36. The van der Waals surface area contributed by atoms with Crippen molar-refractivity contribution in [3.63, 3.8) is 0 Å². The molecule has 3 fully saturated rings. The van der Waals surface area contributed by atoms with E-state index in [0.717, 1.165) is 32.5 Å². The van der Waals surface area contributed by atoms with E-state index in [4.69, 9.17) is 16.3 Å². The lowest BCUT2D eigenvalue weighted by molar-refractivity contribution is -0.129. The Morgan fingerprint density at radius 2 is 2.00 bits per heavy atom. The average molecular weight is 380 g/mol. The highest BCUT2D eigenvalue weighted by molar-refractivity contribution is 6.30. The quantitative estimate of drug-likeness (QED) is 0.802. The summed E-state index contributed by atoms with van der Waals surface area (Å²) in [6, 6.07) is 5.24. The second-order valence-electron chi connectivity index (χ2n) is 7.38. The van der Waals surface area contributed by atoms with Crippen LogP contribution in [0.15, 0.2) is 18.2 Å². The first-order chi connectivity index (χ1) is 12.4. The maximum absolute atomic E-state index is 13.2. The fourth-order valence-electron chi connectivity index (χ4n) is 3.89. The van der Waals surface area contributed by atoms with Crippen molar-refractivity contribution >= 4 is 23.4 Å². The summed E-state index contributed by atoms with van der Waals surface area (Å²) >= 11 is 6.02. The number of ether oxygens (including phenoxy) is 1. The van der Waals surface area contributed by atoms with Crippen LogP contribution < -0.4 is 4.74 Å². The summed E-state index contributed by atoms with van der Waals surface area (Å²) in [5, 5.41) is 0.546. The average Bonchev–Trinajstić information content (AvgIpc) is 2.91. The van der Waals surface area contributed by atoms with Crippen LogP contribution in [0.4, 0.5) is 0 Å². The van der Waals surface area contributed by atoms with Crippen molar-refractivity contribution in [1.82, 2.24) is 14.7 Å². The van der Waals surface area contributed by atoms with Gasteiger partial charge in [0, 0.05) is 44.8 Å². The molecule has 3 saturated heterocycles. The van der Waals surface area contributed by atoms with E-state index in [2.05, 4.69) is 4.90 Å². The number of rotatable bonds is 4. The monoisotopic (exact) mass is 379 g/mol. The molecule has 0 aromatic heterocycles. The van der Waals surface area contributed by atoms with Crippen molar-refractivity contribution in [2.24, 2.45) is 5.92 Å². The smallest absolute Gasteiger partial charge is 0.257 e. The van der Waals surface area contributed by atoms with Crippen LogP contribution in [0.1, 0.15) is 23.2 Å². The van der Waals surface area contributed by atoms with Crippen molar-refractivity contribution < 1.29 is 14.3 Å². The standard InChI is InChI=1S/C19H26ClN3O3/c1-21(2)18(24)12-22-9-13-4-6-15(11-22)23(10-13)19(25)16-7-5-14(20)8-17(16)26-3/h5,7-8,13,15H,4,6,9-12H2,1-3H3/t13-,15+/m1/s1. The highest BCUT2D eigenvalue weighted by atomic mass is 35.5. The summed E-state index contributed by atoms with van der Waals surface area (Å²) in [7, 11) is 5.10. The zero-order chi connectivity index (χ0) is 18.8. The normalized spacial score (nSPS) is 22.8. The van der Waals surface area contributed by atoms with Gasteiger partial charge in [-0.05, 0) is 37.0 Å². The van der Waals surface area contributed by atoms with Crippen LogP contribution in [0.3, 0.4) is 0 Å². The third-order valence-corrected chi connectivity index (χ3v) is 5.54. The van der Waals surface area contributed by atoms with E-state index in [1.165, 1.54) is 0 Å². The second kappa shape index (κ2) is 7.84. The molecule has 1 aromatic rings. The molecular weight excluding hydrogens is 354 g/mol. The van der Waals surface area contributed by atoms with Gasteiger partial charge in [-0.25, -0.2) is 0 Å². The topological polar surface area (TPSA) is 53.1 Å². The number of benzene rings is 1. The van der Waals surface area contributed by atoms with E-state index in [-0.39, 0.29) is 17.9 Å². The number of carbonyl (C=O) groups excluding carboxylic acids is 2. The first-order valence-electron chi connectivity index (χ1n) is 8.96. The van der Waals surface area contributed by atoms with Gasteiger partial charge in [-0.1, -0.05) is 11.6 Å². The van der Waals surface area contributed by atoms with E-state index in [1.54, 1.807) is 44.3 Å². The van der Waals surface area contributed by atoms with Gasteiger partial charge < -0.3 is 14.5 Å². The minimum Gasteiger partial charge on any atom is -0.496 e. The van der Waals surface area contributed by atoms with Gasteiger partial charge >= 0.3 is 0 Å². The maximum Gasteiger partial charge on any atom is 0.257 e. The Bertz CT molecular complexity index is 695. The molecule has 3 heterocycles. The number of amides is 2. The van der Waals surface area contributed by atoms with Crippen LogP contribution in [-0.4, -0.2) is 79.9 Å². The molecule has 3 aliphatic rings. The third kappa shape index (κ3) is 3.96. The number of piperidine rings is 1. The SMILES string of the molecule is COc1cc(Cl)ccc1C(=O)N1C[C@@H]2CC[C@H]1CN(CC(=O)N(C)C)C2. The molecule has 7 heteroatoms. The molecule has 2 amide bonds. The van der Waals surface area contributed by atoms with Crippen molar-refractivity contribution in [1.29, 1.82) is 0 Å². The van der Waals surface area contributed by atoms with Gasteiger partial charge in [0.25, 0.3) is 5.91 Å². The van der Waals surface area contributed by atoms with Crippen LogP contribution in [0.2, 0.25) is 5.02 Å². The lowest BCUT2D eigenvalue weighted by Crippen LogP contribution is -2.48. The van der Waals surface area contributed by atoms with Gasteiger partial charge in [0.05, 0.1) is 19.2 Å². The third-order valence-electron chi connectivity index (χ3n) is 5.30. The van der Waals surface area contributed by atoms with Gasteiger partial charge in [0.2, 0.25) is 5.91 Å². The Balaban J connectivity index is 1.78. The van der Waals surface area contributed by atoms with Gasteiger partial charge in [-0.15, -0.1) is 0 Å². The maximum atomic E-state index is 13.2. The minimum absolute atomic E-state index is 0.0194. The molecule has 3 aliphatic heterocycles.